The number of ether oxygens (including phenoxy) is 1. The molecule has 90 valence electrons. The standard InChI is InChI=1S/C10H16N2O3S/c1-3-8(16)12-5-4-11-10(14)7(12)6-9(13)15-2/h7H,3-6H2,1-2H3,(H,11,14)/t7-/m1/s1. The van der Waals surface area contributed by atoms with Crippen molar-refractivity contribution in [1.29, 1.82) is 0 Å². The normalized spacial score (nSPS) is 20.2. The Morgan fingerprint density at radius 3 is 2.94 bits per heavy atom. The fraction of sp³-hybridized carbons (Fsp3) is 0.700. The summed E-state index contributed by atoms with van der Waals surface area (Å²) in [6.07, 6.45) is 0.739. The first-order valence-electron chi connectivity index (χ1n) is 5.24. The average Bonchev–Trinajstić information content (AvgIpc) is 2.30. The number of nitrogens with one attached hydrogen (secondary N) is 1. The molecule has 0 saturated carbocycles. The van der Waals surface area contributed by atoms with Crippen molar-refractivity contribution in [3.05, 3.63) is 0 Å². The molecule has 1 N–H and O–H groups in total. The minimum Gasteiger partial charge on any atom is -0.469 e. The second-order valence-electron chi connectivity index (χ2n) is 3.53. The highest BCUT2D eigenvalue weighted by atomic mass is 32.1. The van der Waals surface area contributed by atoms with Gasteiger partial charge >= 0.3 is 5.97 Å². The number of esters is 1. The number of amides is 1. The van der Waals surface area contributed by atoms with E-state index in [1.807, 2.05) is 11.8 Å². The lowest BCUT2D eigenvalue weighted by molar-refractivity contribution is -0.144. The number of carbonyl (C=O) groups excluding carboxylic acids is 2. The first-order chi connectivity index (χ1) is 7.60. The van der Waals surface area contributed by atoms with Crippen LogP contribution in [0.1, 0.15) is 19.8 Å². The Hall–Kier alpha value is -1.17. The van der Waals surface area contributed by atoms with Gasteiger partial charge in [0.15, 0.2) is 0 Å². The fourth-order valence-electron chi connectivity index (χ4n) is 1.66. The van der Waals surface area contributed by atoms with Gasteiger partial charge in [-0.15, -0.1) is 0 Å². The van der Waals surface area contributed by atoms with Crippen molar-refractivity contribution < 1.29 is 14.3 Å². The molecule has 1 aliphatic rings. The lowest BCUT2D eigenvalue weighted by Gasteiger charge is -2.36. The van der Waals surface area contributed by atoms with Gasteiger partial charge in [-0.2, -0.15) is 0 Å². The third-order valence-corrected chi connectivity index (χ3v) is 3.06. The van der Waals surface area contributed by atoms with Crippen LogP contribution in [0.2, 0.25) is 0 Å². The van der Waals surface area contributed by atoms with E-state index in [-0.39, 0.29) is 12.3 Å². The van der Waals surface area contributed by atoms with Gasteiger partial charge in [-0.05, 0) is 6.42 Å². The zero-order valence-electron chi connectivity index (χ0n) is 9.49. The summed E-state index contributed by atoms with van der Waals surface area (Å²) in [6, 6.07) is -0.520. The molecule has 0 aromatic heterocycles. The van der Waals surface area contributed by atoms with Gasteiger partial charge < -0.3 is 15.0 Å². The van der Waals surface area contributed by atoms with Gasteiger partial charge in [0.05, 0.1) is 18.5 Å². The van der Waals surface area contributed by atoms with Crippen molar-refractivity contribution >= 4 is 29.1 Å². The molecule has 1 aliphatic heterocycles. The highest BCUT2D eigenvalue weighted by molar-refractivity contribution is 7.80. The molecule has 1 amide bonds. The first kappa shape index (κ1) is 12.9. The van der Waals surface area contributed by atoms with Gasteiger partial charge in [0.2, 0.25) is 5.91 Å². The van der Waals surface area contributed by atoms with Crippen molar-refractivity contribution in [1.82, 2.24) is 10.2 Å². The Bertz CT molecular complexity index is 306. The summed E-state index contributed by atoms with van der Waals surface area (Å²) in [7, 11) is 1.31. The van der Waals surface area contributed by atoms with E-state index in [0.717, 1.165) is 0 Å². The molecule has 0 aromatic carbocycles. The maximum atomic E-state index is 11.7. The van der Waals surface area contributed by atoms with Crippen LogP contribution in [-0.2, 0) is 14.3 Å². The van der Waals surface area contributed by atoms with Crippen LogP contribution in [0.25, 0.3) is 0 Å². The molecule has 1 rings (SSSR count). The Balaban J connectivity index is 2.75. The molecule has 6 heteroatoms. The number of nitrogens with zero attached hydrogens (tertiary/aromatic N) is 1. The number of thiocarbonyl (C=S) groups is 1. The summed E-state index contributed by atoms with van der Waals surface area (Å²) in [5, 5.41) is 2.72. The lowest BCUT2D eigenvalue weighted by atomic mass is 10.1. The van der Waals surface area contributed by atoms with Gasteiger partial charge in [-0.25, -0.2) is 0 Å². The summed E-state index contributed by atoms with van der Waals surface area (Å²) in [4.78, 5) is 25.4. The van der Waals surface area contributed by atoms with Crippen LogP contribution in [0.5, 0.6) is 0 Å². The number of hydrogen-bond acceptors (Lipinski definition) is 4. The highest BCUT2D eigenvalue weighted by Crippen LogP contribution is 2.12. The largest absolute Gasteiger partial charge is 0.469 e. The van der Waals surface area contributed by atoms with Crippen molar-refractivity contribution in [2.24, 2.45) is 0 Å². The molecule has 0 aliphatic carbocycles. The highest BCUT2D eigenvalue weighted by Gasteiger charge is 2.32. The topological polar surface area (TPSA) is 58.6 Å². The van der Waals surface area contributed by atoms with Crippen molar-refractivity contribution in [3.8, 4) is 0 Å². The lowest BCUT2D eigenvalue weighted by Crippen LogP contribution is -2.57. The smallest absolute Gasteiger partial charge is 0.308 e. The molecule has 5 nitrogen and oxygen atoms in total. The molecule has 0 bridgehead atoms. The number of carbonyl (C=O) groups is 2. The third-order valence-electron chi connectivity index (χ3n) is 2.54. The summed E-state index contributed by atoms with van der Waals surface area (Å²) >= 11 is 5.19. The van der Waals surface area contributed by atoms with Crippen LogP contribution < -0.4 is 5.32 Å². The van der Waals surface area contributed by atoms with E-state index in [1.165, 1.54) is 7.11 Å². The number of hydrogen-bond donors (Lipinski definition) is 1. The predicted octanol–water partition coefficient (Wildman–Crippen LogP) is 0.0873. The molecule has 1 heterocycles. The van der Waals surface area contributed by atoms with Crippen LogP contribution in [-0.4, -0.2) is 48.0 Å². The Labute approximate surface area is 100 Å². The van der Waals surface area contributed by atoms with Gasteiger partial charge in [-0.3, -0.25) is 9.59 Å². The van der Waals surface area contributed by atoms with Crippen molar-refractivity contribution in [2.45, 2.75) is 25.8 Å². The Morgan fingerprint density at radius 1 is 1.69 bits per heavy atom. The average molecular weight is 244 g/mol. The van der Waals surface area contributed by atoms with E-state index in [4.69, 9.17) is 12.2 Å². The van der Waals surface area contributed by atoms with Gasteiger partial charge in [0.1, 0.15) is 6.04 Å². The Morgan fingerprint density at radius 2 is 2.38 bits per heavy atom. The summed E-state index contributed by atoms with van der Waals surface area (Å²) in [6.45, 7) is 3.15. The molecular weight excluding hydrogens is 228 g/mol. The third kappa shape index (κ3) is 2.91. The van der Waals surface area contributed by atoms with Crippen LogP contribution in [0, 0.1) is 0 Å². The van der Waals surface area contributed by atoms with Crippen molar-refractivity contribution in [3.63, 3.8) is 0 Å². The summed E-state index contributed by atoms with van der Waals surface area (Å²) in [5.74, 6) is -0.557. The molecule has 0 spiro atoms. The number of piperazine rings is 1. The van der Waals surface area contributed by atoms with E-state index < -0.39 is 12.0 Å². The molecule has 0 unspecified atom stereocenters. The molecule has 0 aromatic rings. The molecule has 1 saturated heterocycles. The molecule has 0 radical (unpaired) electrons. The zero-order chi connectivity index (χ0) is 12.1. The molecule has 16 heavy (non-hydrogen) atoms. The monoisotopic (exact) mass is 244 g/mol. The molecule has 1 atom stereocenters. The van der Waals surface area contributed by atoms with Gasteiger partial charge in [0, 0.05) is 13.1 Å². The Kier molecular flexibility index (Phi) is 4.67. The summed E-state index contributed by atoms with van der Waals surface area (Å²) in [5.41, 5.74) is 0. The minimum atomic E-state index is -0.520. The van der Waals surface area contributed by atoms with Crippen LogP contribution in [0.4, 0.5) is 0 Å². The second-order valence-corrected chi connectivity index (χ2v) is 4.00. The minimum absolute atomic E-state index is 0.0441. The fourth-order valence-corrected chi connectivity index (χ4v) is 1.88. The van der Waals surface area contributed by atoms with Gasteiger partial charge in [0.25, 0.3) is 0 Å². The molecular formula is C10H16N2O3S. The SMILES string of the molecule is CCC(=S)N1CCNC(=O)[C@H]1CC(=O)OC. The van der Waals surface area contributed by atoms with Crippen LogP contribution in [0.15, 0.2) is 0 Å². The van der Waals surface area contributed by atoms with E-state index >= 15 is 0 Å². The number of rotatable bonds is 3. The van der Waals surface area contributed by atoms with E-state index in [2.05, 4.69) is 10.1 Å². The second kappa shape index (κ2) is 5.79. The maximum Gasteiger partial charge on any atom is 0.308 e. The van der Waals surface area contributed by atoms with Crippen LogP contribution >= 0.6 is 12.2 Å². The quantitative estimate of drug-likeness (QED) is 0.563. The zero-order valence-corrected chi connectivity index (χ0v) is 10.3. The van der Waals surface area contributed by atoms with E-state index in [1.54, 1.807) is 0 Å². The molecule has 1 fully saturated rings. The van der Waals surface area contributed by atoms with Crippen LogP contribution in [0.3, 0.4) is 0 Å². The summed E-state index contributed by atoms with van der Waals surface area (Å²) < 4.78 is 4.57. The van der Waals surface area contributed by atoms with E-state index in [9.17, 15) is 9.59 Å². The maximum absolute atomic E-state index is 11.7. The van der Waals surface area contributed by atoms with Gasteiger partial charge in [-0.1, -0.05) is 19.1 Å². The predicted molar refractivity (Wildman–Crippen MR) is 63.0 cm³/mol. The van der Waals surface area contributed by atoms with E-state index in [0.29, 0.717) is 24.5 Å². The van der Waals surface area contributed by atoms with Crippen molar-refractivity contribution in [2.75, 3.05) is 20.2 Å². The first-order valence-corrected chi connectivity index (χ1v) is 5.65. The number of methoxy groups -OCH3 is 1.